The minimum Gasteiger partial charge on any atom is -0.461 e. The lowest BCUT2D eigenvalue weighted by atomic mass is 9.92. The van der Waals surface area contributed by atoms with Gasteiger partial charge >= 0.3 is 5.97 Å². The molecule has 0 atom stereocenters. The number of carbonyl (C=O) groups is 2. The van der Waals surface area contributed by atoms with Crippen LogP contribution in [0.15, 0.2) is 36.2 Å². The Morgan fingerprint density at radius 3 is 2.74 bits per heavy atom. The number of aromatic nitrogens is 2. The topological polar surface area (TPSA) is 64.4 Å². The molecule has 27 heavy (non-hydrogen) atoms. The fourth-order valence-corrected chi connectivity index (χ4v) is 3.35. The van der Waals surface area contributed by atoms with Crippen molar-refractivity contribution in [1.29, 1.82) is 0 Å². The molecule has 0 bridgehead atoms. The summed E-state index contributed by atoms with van der Waals surface area (Å²) < 4.78 is 7.00. The van der Waals surface area contributed by atoms with E-state index in [0.29, 0.717) is 31.0 Å². The summed E-state index contributed by atoms with van der Waals surface area (Å²) in [5, 5.41) is 0. The number of hydrogen-bond acceptors (Lipinski definition) is 5. The zero-order chi connectivity index (χ0) is 19.6. The first kappa shape index (κ1) is 18.9. The second kappa shape index (κ2) is 7.78. The lowest BCUT2D eigenvalue weighted by Gasteiger charge is -2.19. The minimum absolute atomic E-state index is 0.0273. The third-order valence-electron chi connectivity index (χ3n) is 4.56. The lowest BCUT2D eigenvalue weighted by molar-refractivity contribution is 0.0514. The number of nitrogens with zero attached hydrogens (tertiary/aromatic N) is 3. The second-order valence-corrected chi connectivity index (χ2v) is 6.96. The number of allylic oxidation sites excluding steroid dienone is 1. The van der Waals surface area contributed by atoms with E-state index in [-0.39, 0.29) is 5.78 Å². The number of esters is 1. The van der Waals surface area contributed by atoms with Gasteiger partial charge in [0.15, 0.2) is 0 Å². The molecule has 142 valence electrons. The fourth-order valence-electron chi connectivity index (χ4n) is 3.35. The predicted molar refractivity (Wildman–Crippen MR) is 103 cm³/mol. The van der Waals surface area contributed by atoms with Crippen molar-refractivity contribution >= 4 is 11.8 Å². The largest absolute Gasteiger partial charge is 0.461 e. The van der Waals surface area contributed by atoms with E-state index < -0.39 is 5.97 Å². The van der Waals surface area contributed by atoms with Gasteiger partial charge in [-0.05, 0) is 49.9 Å². The van der Waals surface area contributed by atoms with E-state index in [1.165, 1.54) is 0 Å². The highest BCUT2D eigenvalue weighted by Crippen LogP contribution is 2.29. The molecule has 2 aromatic rings. The Balaban J connectivity index is 2.08. The summed E-state index contributed by atoms with van der Waals surface area (Å²) in [6.45, 7) is 4.39. The first-order chi connectivity index (χ1) is 12.9. The molecule has 0 fully saturated rings. The normalized spacial score (nSPS) is 15.0. The lowest BCUT2D eigenvalue weighted by Crippen LogP contribution is -2.22. The maximum Gasteiger partial charge on any atom is 0.354 e. The van der Waals surface area contributed by atoms with E-state index in [9.17, 15) is 9.59 Å². The van der Waals surface area contributed by atoms with Crippen molar-refractivity contribution in [3.8, 4) is 0 Å². The highest BCUT2D eigenvalue weighted by molar-refractivity contribution is 6.10. The molecule has 0 N–H and O–H groups in total. The van der Waals surface area contributed by atoms with Gasteiger partial charge in [-0.15, -0.1) is 0 Å². The number of carbonyl (C=O) groups excluding carboxylic acids is 2. The number of pyridine rings is 1. The first-order valence-electron chi connectivity index (χ1n) is 9.13. The third-order valence-corrected chi connectivity index (χ3v) is 4.56. The van der Waals surface area contributed by atoms with Gasteiger partial charge in [-0.3, -0.25) is 9.78 Å². The molecule has 0 saturated carbocycles. The summed E-state index contributed by atoms with van der Waals surface area (Å²) in [6.07, 6.45) is 5.04. The number of aryl methyl sites for hydroxylation is 2. The Morgan fingerprint density at radius 2 is 2.11 bits per heavy atom. The smallest absolute Gasteiger partial charge is 0.354 e. The summed E-state index contributed by atoms with van der Waals surface area (Å²) >= 11 is 0. The second-order valence-electron chi connectivity index (χ2n) is 6.96. The molecule has 6 heteroatoms. The van der Waals surface area contributed by atoms with Crippen LogP contribution < -0.4 is 0 Å². The summed E-state index contributed by atoms with van der Waals surface area (Å²) in [5.41, 5.74) is 4.51. The quantitative estimate of drug-likeness (QED) is 0.600. The van der Waals surface area contributed by atoms with Gasteiger partial charge in [0, 0.05) is 37.8 Å². The Hall–Kier alpha value is -2.89. The number of ketones is 1. The molecule has 6 nitrogen and oxygen atoms in total. The third kappa shape index (κ3) is 3.94. The monoisotopic (exact) mass is 367 g/mol. The molecule has 0 saturated heterocycles. The van der Waals surface area contributed by atoms with Crippen LogP contribution >= 0.6 is 0 Å². The van der Waals surface area contributed by atoms with Gasteiger partial charge in [-0.2, -0.15) is 0 Å². The zero-order valence-corrected chi connectivity index (χ0v) is 16.3. The van der Waals surface area contributed by atoms with Crippen LogP contribution in [0.5, 0.6) is 0 Å². The van der Waals surface area contributed by atoms with E-state index >= 15 is 0 Å². The summed E-state index contributed by atoms with van der Waals surface area (Å²) in [5.74, 6) is -0.432. The molecule has 0 aliphatic heterocycles. The first-order valence-corrected chi connectivity index (χ1v) is 9.13. The van der Waals surface area contributed by atoms with Gasteiger partial charge in [0.2, 0.25) is 5.78 Å². The van der Waals surface area contributed by atoms with E-state index in [1.54, 1.807) is 23.8 Å². The van der Waals surface area contributed by atoms with Crippen molar-refractivity contribution in [3.05, 3.63) is 64.4 Å². The van der Waals surface area contributed by atoms with E-state index in [4.69, 9.17) is 4.74 Å². The summed E-state index contributed by atoms with van der Waals surface area (Å²) in [6, 6.07) is 5.70. The van der Waals surface area contributed by atoms with Gasteiger partial charge in [0.25, 0.3) is 0 Å². The number of hydrogen-bond donors (Lipinski definition) is 0. The van der Waals surface area contributed by atoms with E-state index in [0.717, 1.165) is 28.8 Å². The molecule has 0 amide bonds. The fraction of sp³-hybridized carbons (Fsp3) is 0.381. The Morgan fingerprint density at radius 1 is 1.33 bits per heavy atom. The molecular weight excluding hydrogens is 342 g/mol. The van der Waals surface area contributed by atoms with Crippen LogP contribution in [0.1, 0.15) is 51.1 Å². The summed E-state index contributed by atoms with van der Waals surface area (Å²) in [4.78, 5) is 31.8. The van der Waals surface area contributed by atoms with Crippen molar-refractivity contribution in [2.24, 2.45) is 0 Å². The van der Waals surface area contributed by atoms with Crippen LogP contribution in [0.25, 0.3) is 0 Å². The number of fused-ring (bicyclic) bond motifs is 1. The van der Waals surface area contributed by atoms with Crippen LogP contribution in [-0.2, 0) is 17.7 Å². The van der Waals surface area contributed by atoms with Crippen LogP contribution in [0, 0.1) is 6.92 Å². The molecule has 0 unspecified atom stereocenters. The summed E-state index contributed by atoms with van der Waals surface area (Å²) in [7, 11) is 3.80. The Bertz CT molecular complexity index is 892. The van der Waals surface area contributed by atoms with Gasteiger partial charge in [0.1, 0.15) is 5.69 Å². The van der Waals surface area contributed by atoms with E-state index in [2.05, 4.69) is 4.98 Å². The maximum atomic E-state index is 13.1. The van der Waals surface area contributed by atoms with Crippen molar-refractivity contribution in [3.63, 3.8) is 0 Å². The van der Waals surface area contributed by atoms with Gasteiger partial charge in [-0.25, -0.2) is 4.79 Å². The molecule has 1 aliphatic carbocycles. The average Bonchev–Trinajstić information content (AvgIpc) is 2.98. The van der Waals surface area contributed by atoms with Crippen LogP contribution in [0.3, 0.4) is 0 Å². The van der Waals surface area contributed by atoms with Crippen molar-refractivity contribution in [2.45, 2.75) is 33.2 Å². The molecule has 0 radical (unpaired) electrons. The molecule has 0 spiro atoms. The van der Waals surface area contributed by atoms with Gasteiger partial charge in [-0.1, -0.05) is 6.07 Å². The van der Waals surface area contributed by atoms with Gasteiger partial charge in [0.05, 0.1) is 18.8 Å². The van der Waals surface area contributed by atoms with Gasteiger partial charge < -0.3 is 14.2 Å². The molecule has 2 heterocycles. The van der Waals surface area contributed by atoms with E-state index in [1.807, 2.05) is 44.3 Å². The number of rotatable bonds is 5. The van der Waals surface area contributed by atoms with Crippen molar-refractivity contribution in [2.75, 3.05) is 20.7 Å². The number of ether oxygens (including phenoxy) is 1. The van der Waals surface area contributed by atoms with Crippen LogP contribution in [-0.4, -0.2) is 46.9 Å². The minimum atomic E-state index is -0.405. The highest BCUT2D eigenvalue weighted by Gasteiger charge is 2.30. The van der Waals surface area contributed by atoms with Crippen molar-refractivity contribution in [1.82, 2.24) is 14.5 Å². The Labute approximate surface area is 159 Å². The molecule has 1 aliphatic rings. The average molecular weight is 367 g/mol. The Kier molecular flexibility index (Phi) is 5.44. The molecule has 2 aromatic heterocycles. The van der Waals surface area contributed by atoms with Crippen LogP contribution in [0.2, 0.25) is 0 Å². The number of Topliss-reactive ketones (excluding diaryl/α,β-unsaturated/α-hetero) is 1. The van der Waals surface area contributed by atoms with Crippen LogP contribution in [0.4, 0.5) is 0 Å². The molecule has 0 aromatic carbocycles. The SMILES string of the molecule is CCOC(=O)c1cc2c(n1Cc1ccc(C)nc1)C(=O)/C(=C/N(C)C)CC2. The predicted octanol–water partition coefficient (Wildman–Crippen LogP) is 2.99. The van der Waals surface area contributed by atoms with Crippen molar-refractivity contribution < 1.29 is 14.3 Å². The highest BCUT2D eigenvalue weighted by atomic mass is 16.5. The maximum absolute atomic E-state index is 13.1. The zero-order valence-electron chi connectivity index (χ0n) is 16.3. The standard InChI is InChI=1S/C21H25N3O3/c1-5-27-21(26)18-10-16-8-9-17(13-23(3)4)20(25)19(16)24(18)12-15-7-6-14(2)22-11-15/h6-7,10-11,13H,5,8-9,12H2,1-4H3/b17-13+. The molecular formula is C21H25N3O3. The molecule has 3 rings (SSSR count).